The SMILES string of the molecule is CC1(CNc2nc(N)nc(Cl)n2)CCCO1. The highest BCUT2D eigenvalue weighted by Gasteiger charge is 2.29. The van der Waals surface area contributed by atoms with Gasteiger partial charge >= 0.3 is 0 Å². The van der Waals surface area contributed by atoms with Crippen LogP contribution in [0.2, 0.25) is 5.28 Å². The molecule has 1 aliphatic rings. The second kappa shape index (κ2) is 4.39. The van der Waals surface area contributed by atoms with Crippen molar-refractivity contribution < 1.29 is 4.74 Å². The topological polar surface area (TPSA) is 86.0 Å². The minimum Gasteiger partial charge on any atom is -0.373 e. The molecule has 88 valence electrons. The van der Waals surface area contributed by atoms with E-state index in [0.717, 1.165) is 19.4 Å². The lowest BCUT2D eigenvalue weighted by molar-refractivity contribution is 0.0314. The van der Waals surface area contributed by atoms with Crippen molar-refractivity contribution in [2.75, 3.05) is 24.2 Å². The van der Waals surface area contributed by atoms with Gasteiger partial charge in [0.15, 0.2) is 0 Å². The van der Waals surface area contributed by atoms with Gasteiger partial charge in [0.05, 0.1) is 5.60 Å². The zero-order chi connectivity index (χ0) is 11.6. The second-order valence-electron chi connectivity index (χ2n) is 4.04. The van der Waals surface area contributed by atoms with Crippen LogP contribution in [0.4, 0.5) is 11.9 Å². The third-order valence-electron chi connectivity index (χ3n) is 2.55. The van der Waals surface area contributed by atoms with Crippen molar-refractivity contribution in [2.24, 2.45) is 0 Å². The van der Waals surface area contributed by atoms with Crippen molar-refractivity contribution >= 4 is 23.5 Å². The van der Waals surface area contributed by atoms with E-state index >= 15 is 0 Å². The highest BCUT2D eigenvalue weighted by atomic mass is 35.5. The highest BCUT2D eigenvalue weighted by Crippen LogP contribution is 2.24. The Morgan fingerprint density at radius 2 is 2.31 bits per heavy atom. The molecule has 0 aromatic carbocycles. The Labute approximate surface area is 98.6 Å². The normalized spacial score (nSPS) is 24.6. The molecule has 0 spiro atoms. The molecular weight excluding hydrogens is 230 g/mol. The van der Waals surface area contributed by atoms with Crippen molar-refractivity contribution in [3.05, 3.63) is 5.28 Å². The van der Waals surface area contributed by atoms with Gasteiger partial charge in [0.25, 0.3) is 0 Å². The van der Waals surface area contributed by atoms with Gasteiger partial charge in [0.1, 0.15) is 0 Å². The molecule has 1 unspecified atom stereocenters. The van der Waals surface area contributed by atoms with E-state index in [1.54, 1.807) is 0 Å². The number of anilines is 2. The Morgan fingerprint density at radius 3 is 2.94 bits per heavy atom. The standard InChI is InChI=1S/C9H14ClN5O/c1-9(3-2-4-16-9)5-12-8-14-6(10)13-7(11)15-8/h2-5H2,1H3,(H3,11,12,13,14,15). The third kappa shape index (κ3) is 2.70. The van der Waals surface area contributed by atoms with Crippen LogP contribution in [-0.4, -0.2) is 33.7 Å². The molecule has 0 saturated carbocycles. The summed E-state index contributed by atoms with van der Waals surface area (Å²) >= 11 is 5.67. The van der Waals surface area contributed by atoms with E-state index < -0.39 is 0 Å². The Kier molecular flexibility index (Phi) is 3.11. The van der Waals surface area contributed by atoms with Crippen molar-refractivity contribution in [1.29, 1.82) is 0 Å². The van der Waals surface area contributed by atoms with Crippen LogP contribution in [0.5, 0.6) is 0 Å². The molecule has 1 fully saturated rings. The predicted octanol–water partition coefficient (Wildman–Crippen LogP) is 1.09. The lowest BCUT2D eigenvalue weighted by Crippen LogP contribution is -2.33. The molecule has 3 N–H and O–H groups in total. The van der Waals surface area contributed by atoms with Crippen LogP contribution in [0.25, 0.3) is 0 Å². The first-order chi connectivity index (χ1) is 7.57. The number of ether oxygens (including phenoxy) is 1. The maximum absolute atomic E-state index is 5.67. The van der Waals surface area contributed by atoms with Crippen LogP contribution in [0.3, 0.4) is 0 Å². The molecule has 2 heterocycles. The Balaban J connectivity index is 1.98. The maximum Gasteiger partial charge on any atom is 0.228 e. The zero-order valence-corrected chi connectivity index (χ0v) is 9.79. The van der Waals surface area contributed by atoms with E-state index in [4.69, 9.17) is 22.1 Å². The zero-order valence-electron chi connectivity index (χ0n) is 9.03. The molecule has 16 heavy (non-hydrogen) atoms. The summed E-state index contributed by atoms with van der Waals surface area (Å²) in [7, 11) is 0. The van der Waals surface area contributed by atoms with E-state index in [-0.39, 0.29) is 16.8 Å². The number of rotatable bonds is 3. The van der Waals surface area contributed by atoms with Gasteiger partial charge in [0, 0.05) is 13.2 Å². The number of nitrogens with zero attached hydrogens (tertiary/aromatic N) is 3. The average molecular weight is 244 g/mol. The quantitative estimate of drug-likeness (QED) is 0.827. The molecule has 0 bridgehead atoms. The lowest BCUT2D eigenvalue weighted by Gasteiger charge is -2.23. The van der Waals surface area contributed by atoms with Gasteiger partial charge in [-0.2, -0.15) is 15.0 Å². The van der Waals surface area contributed by atoms with Crippen LogP contribution >= 0.6 is 11.6 Å². The van der Waals surface area contributed by atoms with E-state index in [2.05, 4.69) is 27.2 Å². The molecular formula is C9H14ClN5O. The number of nitrogen functional groups attached to an aromatic ring is 1. The van der Waals surface area contributed by atoms with Crippen molar-refractivity contribution in [2.45, 2.75) is 25.4 Å². The van der Waals surface area contributed by atoms with Gasteiger partial charge in [-0.15, -0.1) is 0 Å². The average Bonchev–Trinajstić information content (AvgIpc) is 2.62. The summed E-state index contributed by atoms with van der Waals surface area (Å²) in [6.07, 6.45) is 2.10. The van der Waals surface area contributed by atoms with Crippen LogP contribution in [-0.2, 0) is 4.74 Å². The van der Waals surface area contributed by atoms with E-state index in [1.165, 1.54) is 0 Å². The fourth-order valence-electron chi connectivity index (χ4n) is 1.69. The smallest absolute Gasteiger partial charge is 0.228 e. The second-order valence-corrected chi connectivity index (χ2v) is 4.38. The minimum absolute atomic E-state index is 0.0903. The fraction of sp³-hybridized carbons (Fsp3) is 0.667. The van der Waals surface area contributed by atoms with Crippen LogP contribution in [0.1, 0.15) is 19.8 Å². The number of halogens is 1. The molecule has 7 heteroatoms. The van der Waals surface area contributed by atoms with Crippen LogP contribution in [0, 0.1) is 0 Å². The van der Waals surface area contributed by atoms with Crippen LogP contribution < -0.4 is 11.1 Å². The number of nitrogens with one attached hydrogen (secondary N) is 1. The number of nitrogens with two attached hydrogens (primary N) is 1. The van der Waals surface area contributed by atoms with E-state index in [9.17, 15) is 0 Å². The third-order valence-corrected chi connectivity index (χ3v) is 2.72. The molecule has 6 nitrogen and oxygen atoms in total. The van der Waals surface area contributed by atoms with E-state index in [0.29, 0.717) is 12.5 Å². The summed E-state index contributed by atoms with van der Waals surface area (Å²) in [6.45, 7) is 3.49. The Morgan fingerprint density at radius 1 is 1.50 bits per heavy atom. The lowest BCUT2D eigenvalue weighted by atomic mass is 10.0. The first-order valence-electron chi connectivity index (χ1n) is 5.12. The molecule has 0 aliphatic carbocycles. The van der Waals surface area contributed by atoms with Gasteiger partial charge in [0.2, 0.25) is 17.2 Å². The van der Waals surface area contributed by atoms with Crippen LogP contribution in [0.15, 0.2) is 0 Å². The number of aromatic nitrogens is 3. The minimum atomic E-state index is -0.159. The van der Waals surface area contributed by atoms with Gasteiger partial charge in [-0.05, 0) is 31.4 Å². The summed E-state index contributed by atoms with van der Waals surface area (Å²) in [6, 6.07) is 0. The largest absolute Gasteiger partial charge is 0.373 e. The van der Waals surface area contributed by atoms with Gasteiger partial charge in [-0.1, -0.05) is 0 Å². The first-order valence-corrected chi connectivity index (χ1v) is 5.50. The van der Waals surface area contributed by atoms with Gasteiger partial charge in [-0.25, -0.2) is 0 Å². The molecule has 1 atom stereocenters. The Hall–Kier alpha value is -1.14. The summed E-state index contributed by atoms with van der Waals surface area (Å²) in [4.78, 5) is 11.5. The molecule has 1 aromatic rings. The summed E-state index contributed by atoms with van der Waals surface area (Å²) in [5.41, 5.74) is 5.30. The van der Waals surface area contributed by atoms with Crippen molar-refractivity contribution in [1.82, 2.24) is 15.0 Å². The first kappa shape index (κ1) is 11.3. The fourth-order valence-corrected chi connectivity index (χ4v) is 1.85. The summed E-state index contributed by atoms with van der Waals surface area (Å²) in [5, 5.41) is 3.15. The molecule has 0 radical (unpaired) electrons. The molecule has 1 saturated heterocycles. The summed E-state index contributed by atoms with van der Waals surface area (Å²) < 4.78 is 5.62. The molecule has 1 aliphatic heterocycles. The molecule has 0 amide bonds. The maximum atomic E-state index is 5.67. The Bertz CT molecular complexity index is 360. The predicted molar refractivity (Wildman–Crippen MR) is 61.3 cm³/mol. The number of hydrogen-bond donors (Lipinski definition) is 2. The monoisotopic (exact) mass is 243 g/mol. The van der Waals surface area contributed by atoms with Gasteiger partial charge in [-0.3, -0.25) is 0 Å². The van der Waals surface area contributed by atoms with Gasteiger partial charge < -0.3 is 15.8 Å². The highest BCUT2D eigenvalue weighted by molar-refractivity contribution is 6.28. The molecule has 1 aromatic heterocycles. The molecule has 2 rings (SSSR count). The van der Waals surface area contributed by atoms with Crippen molar-refractivity contribution in [3.63, 3.8) is 0 Å². The van der Waals surface area contributed by atoms with E-state index in [1.807, 2.05) is 0 Å². The van der Waals surface area contributed by atoms with Crippen molar-refractivity contribution in [3.8, 4) is 0 Å². The number of hydrogen-bond acceptors (Lipinski definition) is 6. The summed E-state index contributed by atoms with van der Waals surface area (Å²) in [5.74, 6) is 0.495.